The van der Waals surface area contributed by atoms with Crippen LogP contribution in [-0.2, 0) is 16.0 Å². The van der Waals surface area contributed by atoms with E-state index in [2.05, 4.69) is 5.32 Å². The van der Waals surface area contributed by atoms with Crippen molar-refractivity contribution < 1.29 is 23.5 Å². The van der Waals surface area contributed by atoms with Gasteiger partial charge in [-0.2, -0.15) is 0 Å². The van der Waals surface area contributed by atoms with Gasteiger partial charge in [0.2, 0.25) is 11.8 Å². The first-order valence-electron chi connectivity index (χ1n) is 8.86. The van der Waals surface area contributed by atoms with Crippen LogP contribution in [0.2, 0.25) is 0 Å². The third-order valence-electron chi connectivity index (χ3n) is 4.49. The van der Waals surface area contributed by atoms with Crippen molar-refractivity contribution in [2.45, 2.75) is 27.2 Å². The second-order valence-corrected chi connectivity index (χ2v) is 6.36. The van der Waals surface area contributed by atoms with Gasteiger partial charge in [0, 0.05) is 12.2 Å². The van der Waals surface area contributed by atoms with E-state index in [0.29, 0.717) is 0 Å². The van der Waals surface area contributed by atoms with Crippen molar-refractivity contribution in [3.63, 3.8) is 0 Å². The van der Waals surface area contributed by atoms with Crippen LogP contribution in [0.15, 0.2) is 28.7 Å². The number of benzene rings is 1. The molecule has 2 heterocycles. The fourth-order valence-corrected chi connectivity index (χ4v) is 3.37. The van der Waals surface area contributed by atoms with Gasteiger partial charge in [-0.3, -0.25) is 14.9 Å². The lowest BCUT2D eigenvalue weighted by Gasteiger charge is -2.18. The number of amides is 1. The van der Waals surface area contributed by atoms with Crippen LogP contribution in [-0.4, -0.2) is 37.4 Å². The summed E-state index contributed by atoms with van der Waals surface area (Å²) in [6, 6.07) is 7.93. The Kier molecular flexibility index (Phi) is 5.30. The first-order valence-corrected chi connectivity index (χ1v) is 8.86. The molecule has 0 unspecified atom stereocenters. The smallest absolute Gasteiger partial charge is 0.344 e. The zero-order valence-corrected chi connectivity index (χ0v) is 15.6. The third-order valence-corrected chi connectivity index (χ3v) is 4.49. The Morgan fingerprint density at radius 3 is 2.67 bits per heavy atom. The number of fused-ring (bicyclic) bond motifs is 1. The van der Waals surface area contributed by atoms with E-state index in [-0.39, 0.29) is 47.6 Å². The molecule has 0 radical (unpaired) electrons. The van der Waals surface area contributed by atoms with Gasteiger partial charge in [0.1, 0.15) is 11.3 Å². The molecule has 1 N–H and O–H groups in total. The van der Waals surface area contributed by atoms with Crippen molar-refractivity contribution in [3.05, 3.63) is 46.7 Å². The van der Waals surface area contributed by atoms with Gasteiger partial charge in [0.05, 0.1) is 18.7 Å². The highest BCUT2D eigenvalue weighted by atomic mass is 16.5. The number of nitrogens with zero attached hydrogens (tertiary/aromatic N) is 1. The van der Waals surface area contributed by atoms with Gasteiger partial charge < -0.3 is 14.1 Å². The van der Waals surface area contributed by atoms with E-state index >= 15 is 0 Å². The van der Waals surface area contributed by atoms with E-state index in [9.17, 15) is 14.4 Å². The zero-order valence-electron chi connectivity index (χ0n) is 15.6. The van der Waals surface area contributed by atoms with E-state index in [1.54, 1.807) is 13.8 Å². The van der Waals surface area contributed by atoms with Crippen LogP contribution in [0.4, 0.5) is 11.6 Å². The van der Waals surface area contributed by atoms with Crippen LogP contribution in [0.25, 0.3) is 0 Å². The van der Waals surface area contributed by atoms with Crippen LogP contribution in [0, 0.1) is 6.92 Å². The largest absolute Gasteiger partial charge is 0.462 e. The predicted molar refractivity (Wildman–Crippen MR) is 100 cm³/mol. The molecule has 1 aliphatic heterocycles. The average molecular weight is 370 g/mol. The van der Waals surface area contributed by atoms with E-state index in [1.807, 2.05) is 29.2 Å². The molecular formula is C20H22N2O5. The maximum Gasteiger partial charge on any atom is 0.344 e. The van der Waals surface area contributed by atoms with E-state index in [1.165, 1.54) is 12.5 Å². The number of Topliss-reactive ketones (excluding diaryl/α,β-unsaturated/α-hetero) is 1. The monoisotopic (exact) mass is 370 g/mol. The van der Waals surface area contributed by atoms with Crippen LogP contribution in [0.3, 0.4) is 0 Å². The molecule has 0 bridgehead atoms. The normalized spacial score (nSPS) is 12.6. The van der Waals surface area contributed by atoms with Crippen LogP contribution in [0.1, 0.15) is 45.9 Å². The van der Waals surface area contributed by atoms with Gasteiger partial charge in [-0.25, -0.2) is 4.79 Å². The number of hydrogen-bond acceptors (Lipinski definition) is 6. The molecule has 0 aliphatic carbocycles. The molecule has 1 aliphatic rings. The molecule has 27 heavy (non-hydrogen) atoms. The number of hydrogen-bond donors (Lipinski definition) is 1. The standard InChI is InChI=1S/C20H22N2O5/c1-4-26-20(25)18-17(12(2)23)13(3)27-19(18)21-16(24)11-22-10-9-14-7-5-6-8-15(14)22/h5-8H,4,9-11H2,1-3H3,(H,21,24). The van der Waals surface area contributed by atoms with Gasteiger partial charge in [-0.15, -0.1) is 0 Å². The molecule has 3 rings (SSSR count). The van der Waals surface area contributed by atoms with Crippen molar-refractivity contribution in [2.75, 3.05) is 29.9 Å². The summed E-state index contributed by atoms with van der Waals surface area (Å²) in [5, 5.41) is 2.62. The molecular weight excluding hydrogens is 348 g/mol. The minimum Gasteiger partial charge on any atom is -0.462 e. The number of para-hydroxylation sites is 1. The lowest BCUT2D eigenvalue weighted by Crippen LogP contribution is -2.32. The lowest BCUT2D eigenvalue weighted by atomic mass is 10.1. The molecule has 2 aromatic rings. The SMILES string of the molecule is CCOC(=O)c1c(NC(=O)CN2CCc3ccccc32)oc(C)c1C(C)=O. The summed E-state index contributed by atoms with van der Waals surface area (Å²) in [5.74, 6) is -1.13. The highest BCUT2D eigenvalue weighted by molar-refractivity contribution is 6.11. The van der Waals surface area contributed by atoms with E-state index in [4.69, 9.17) is 9.15 Å². The predicted octanol–water partition coefficient (Wildman–Crippen LogP) is 2.97. The number of nitrogens with one attached hydrogen (secondary N) is 1. The summed E-state index contributed by atoms with van der Waals surface area (Å²) in [6.07, 6.45) is 0.881. The van der Waals surface area contributed by atoms with E-state index in [0.717, 1.165) is 18.7 Å². The van der Waals surface area contributed by atoms with Crippen molar-refractivity contribution >= 4 is 29.2 Å². The fraction of sp³-hybridized carbons (Fsp3) is 0.350. The van der Waals surface area contributed by atoms with Gasteiger partial charge in [0.25, 0.3) is 0 Å². The highest BCUT2D eigenvalue weighted by Gasteiger charge is 2.29. The second-order valence-electron chi connectivity index (χ2n) is 6.36. The molecule has 142 valence electrons. The molecule has 1 aromatic heterocycles. The summed E-state index contributed by atoms with van der Waals surface area (Å²) < 4.78 is 10.5. The Labute approximate surface area is 157 Å². The Balaban J connectivity index is 1.81. The van der Waals surface area contributed by atoms with Gasteiger partial charge in [-0.1, -0.05) is 18.2 Å². The number of carbonyl (C=O) groups excluding carboxylic acids is 3. The Morgan fingerprint density at radius 1 is 1.22 bits per heavy atom. The van der Waals surface area contributed by atoms with Crippen molar-refractivity contribution in [1.82, 2.24) is 0 Å². The summed E-state index contributed by atoms with van der Waals surface area (Å²) >= 11 is 0. The minimum atomic E-state index is -0.693. The van der Waals surface area contributed by atoms with Crippen molar-refractivity contribution in [2.24, 2.45) is 0 Å². The molecule has 0 spiro atoms. The van der Waals surface area contributed by atoms with E-state index < -0.39 is 5.97 Å². The molecule has 0 atom stereocenters. The van der Waals surface area contributed by atoms with Crippen LogP contribution < -0.4 is 10.2 Å². The maximum absolute atomic E-state index is 12.6. The first kappa shape index (κ1) is 18.7. The Morgan fingerprint density at radius 2 is 1.96 bits per heavy atom. The molecule has 0 saturated heterocycles. The summed E-state index contributed by atoms with van der Waals surface area (Å²) in [4.78, 5) is 38.7. The number of carbonyl (C=O) groups is 3. The summed E-state index contributed by atoms with van der Waals surface area (Å²) in [7, 11) is 0. The zero-order chi connectivity index (χ0) is 19.6. The quantitative estimate of drug-likeness (QED) is 0.621. The number of aryl methyl sites for hydroxylation is 1. The maximum atomic E-state index is 12.6. The fourth-order valence-electron chi connectivity index (χ4n) is 3.37. The molecule has 1 amide bonds. The van der Waals surface area contributed by atoms with Gasteiger partial charge in [0.15, 0.2) is 5.78 Å². The number of ether oxygens (including phenoxy) is 1. The summed E-state index contributed by atoms with van der Waals surface area (Å²) in [5.41, 5.74) is 2.33. The van der Waals surface area contributed by atoms with Gasteiger partial charge in [-0.05, 0) is 38.8 Å². The molecule has 7 nitrogen and oxygen atoms in total. The van der Waals surface area contributed by atoms with Crippen LogP contribution in [0.5, 0.6) is 0 Å². The Hall–Kier alpha value is -3.09. The lowest BCUT2D eigenvalue weighted by molar-refractivity contribution is -0.115. The van der Waals surface area contributed by atoms with Crippen molar-refractivity contribution in [3.8, 4) is 0 Å². The number of esters is 1. The van der Waals surface area contributed by atoms with Crippen molar-refractivity contribution in [1.29, 1.82) is 0 Å². The number of rotatable bonds is 6. The number of ketones is 1. The first-order chi connectivity index (χ1) is 12.9. The Bertz CT molecular complexity index is 900. The topological polar surface area (TPSA) is 88.8 Å². The number of furan rings is 1. The highest BCUT2D eigenvalue weighted by Crippen LogP contribution is 2.30. The second kappa shape index (κ2) is 7.65. The summed E-state index contributed by atoms with van der Waals surface area (Å²) in [6.45, 7) is 5.60. The average Bonchev–Trinajstić information content (AvgIpc) is 3.16. The van der Waals surface area contributed by atoms with Gasteiger partial charge >= 0.3 is 5.97 Å². The molecule has 7 heteroatoms. The third kappa shape index (κ3) is 3.72. The minimum absolute atomic E-state index is 0.0305. The number of anilines is 2. The molecule has 1 aromatic carbocycles. The van der Waals surface area contributed by atoms with Crippen LogP contribution >= 0.6 is 0 Å². The molecule has 0 saturated carbocycles. The molecule has 0 fully saturated rings.